The van der Waals surface area contributed by atoms with Crippen LogP contribution in [-0.2, 0) is 16.6 Å². The van der Waals surface area contributed by atoms with Gasteiger partial charge in [-0.25, -0.2) is 12.4 Å². The van der Waals surface area contributed by atoms with Crippen LogP contribution in [0, 0.1) is 0 Å². The molecule has 0 saturated carbocycles. The number of piperazine rings is 1. The van der Waals surface area contributed by atoms with Gasteiger partial charge in [-0.05, 0) is 48.2 Å². The molecule has 0 unspecified atom stereocenters. The highest BCUT2D eigenvalue weighted by Gasteiger charge is 2.38. The molecule has 1 aromatic heterocycles. The van der Waals surface area contributed by atoms with Gasteiger partial charge in [0, 0.05) is 49.2 Å². The number of nitrogens with zero attached hydrogens (tertiary/aromatic N) is 3. The molecule has 6 nitrogen and oxygen atoms in total. The summed E-state index contributed by atoms with van der Waals surface area (Å²) in [5.41, 5.74) is 3.36. The number of hydrogen-bond acceptors (Lipinski definition) is 5. The van der Waals surface area contributed by atoms with Gasteiger partial charge >= 0.3 is 0 Å². The standard InChI is InChI=1S/C25H25N3O3S/c1-26-9-11-27(12-10-26)16-22-20-15-19(31-2)7-8-23(20)28-25(22)21-13-17-5-3-4-6-18(17)14-24(21)32(28,29)30/h3-8,13-15H,9-12,16H2,1-2H3. The molecule has 0 amide bonds. The van der Waals surface area contributed by atoms with Crippen molar-refractivity contribution in [2.24, 2.45) is 0 Å². The molecule has 2 aliphatic rings. The molecule has 2 aliphatic heterocycles. The first-order valence-corrected chi connectivity index (χ1v) is 12.3. The summed E-state index contributed by atoms with van der Waals surface area (Å²) in [6.45, 7) is 4.66. The zero-order valence-corrected chi connectivity index (χ0v) is 19.0. The van der Waals surface area contributed by atoms with E-state index in [0.29, 0.717) is 17.0 Å². The SMILES string of the molecule is COc1ccc2c(c1)c(CN1CCN(C)CC1)c1n2S(=O)(=O)c2cc3ccccc3cc2-1. The van der Waals surface area contributed by atoms with Crippen LogP contribution in [0.4, 0.5) is 0 Å². The number of rotatable bonds is 3. The predicted molar refractivity (Wildman–Crippen MR) is 127 cm³/mol. The number of fused-ring (bicyclic) bond motifs is 6. The summed E-state index contributed by atoms with van der Waals surface area (Å²) in [5.74, 6) is 0.734. The van der Waals surface area contributed by atoms with Crippen molar-refractivity contribution in [2.45, 2.75) is 11.4 Å². The van der Waals surface area contributed by atoms with Gasteiger partial charge in [0.15, 0.2) is 0 Å². The van der Waals surface area contributed by atoms with Crippen molar-refractivity contribution in [1.29, 1.82) is 0 Å². The van der Waals surface area contributed by atoms with Crippen LogP contribution >= 0.6 is 0 Å². The Kier molecular flexibility index (Phi) is 4.37. The van der Waals surface area contributed by atoms with Crippen LogP contribution in [0.5, 0.6) is 5.75 Å². The van der Waals surface area contributed by atoms with E-state index in [1.165, 1.54) is 0 Å². The van der Waals surface area contributed by atoms with Gasteiger partial charge in [-0.1, -0.05) is 24.3 Å². The van der Waals surface area contributed by atoms with Crippen LogP contribution in [0.25, 0.3) is 32.9 Å². The van der Waals surface area contributed by atoms with E-state index in [9.17, 15) is 8.42 Å². The molecule has 0 radical (unpaired) electrons. The Morgan fingerprint density at radius 2 is 1.66 bits per heavy atom. The Morgan fingerprint density at radius 1 is 0.938 bits per heavy atom. The van der Waals surface area contributed by atoms with Crippen molar-refractivity contribution in [1.82, 2.24) is 13.8 Å². The predicted octanol–water partition coefficient (Wildman–Crippen LogP) is 3.77. The maximum Gasteiger partial charge on any atom is 0.269 e. The van der Waals surface area contributed by atoms with Crippen LogP contribution in [0.15, 0.2) is 59.5 Å². The van der Waals surface area contributed by atoms with Gasteiger partial charge in [-0.3, -0.25) is 4.90 Å². The average Bonchev–Trinajstić information content (AvgIpc) is 3.24. The molecule has 1 saturated heterocycles. The number of aromatic nitrogens is 1. The van der Waals surface area contributed by atoms with Crippen molar-refractivity contribution >= 4 is 31.7 Å². The lowest BCUT2D eigenvalue weighted by atomic mass is 10.0. The quantitative estimate of drug-likeness (QED) is 0.422. The average molecular weight is 448 g/mol. The van der Waals surface area contributed by atoms with E-state index in [0.717, 1.165) is 64.9 Å². The normalized spacial score (nSPS) is 18.2. The van der Waals surface area contributed by atoms with E-state index >= 15 is 0 Å². The fourth-order valence-electron chi connectivity index (χ4n) is 5.06. The van der Waals surface area contributed by atoms with E-state index in [2.05, 4.69) is 16.8 Å². The molecular formula is C25H25N3O3S. The van der Waals surface area contributed by atoms with E-state index < -0.39 is 10.0 Å². The summed E-state index contributed by atoms with van der Waals surface area (Å²) in [6.07, 6.45) is 0. The fourth-order valence-corrected chi connectivity index (χ4v) is 6.83. The maximum absolute atomic E-state index is 13.7. The van der Waals surface area contributed by atoms with Crippen LogP contribution < -0.4 is 4.74 Å². The van der Waals surface area contributed by atoms with E-state index in [-0.39, 0.29) is 0 Å². The summed E-state index contributed by atoms with van der Waals surface area (Å²) in [6, 6.07) is 17.5. The highest BCUT2D eigenvalue weighted by atomic mass is 32.2. The summed E-state index contributed by atoms with van der Waals surface area (Å²) < 4.78 is 34.5. The van der Waals surface area contributed by atoms with Crippen LogP contribution in [0.3, 0.4) is 0 Å². The van der Waals surface area contributed by atoms with Gasteiger partial charge in [0.1, 0.15) is 5.75 Å². The number of benzene rings is 3. The Balaban J connectivity index is 1.63. The molecule has 164 valence electrons. The second kappa shape index (κ2) is 7.07. The number of ether oxygens (including phenoxy) is 1. The van der Waals surface area contributed by atoms with E-state index in [1.54, 1.807) is 11.1 Å². The first-order chi connectivity index (χ1) is 15.5. The van der Waals surface area contributed by atoms with Crippen molar-refractivity contribution in [3.05, 3.63) is 60.2 Å². The van der Waals surface area contributed by atoms with Crippen molar-refractivity contribution in [2.75, 3.05) is 40.3 Å². The smallest absolute Gasteiger partial charge is 0.269 e. The summed E-state index contributed by atoms with van der Waals surface area (Å²) in [5, 5.41) is 2.93. The lowest BCUT2D eigenvalue weighted by Crippen LogP contribution is -2.43. The Morgan fingerprint density at radius 3 is 2.38 bits per heavy atom. The van der Waals surface area contributed by atoms with Gasteiger partial charge < -0.3 is 9.64 Å². The molecule has 0 spiro atoms. The van der Waals surface area contributed by atoms with Crippen molar-refractivity contribution < 1.29 is 13.2 Å². The first kappa shape index (κ1) is 19.8. The molecule has 3 aromatic carbocycles. The van der Waals surface area contributed by atoms with E-state index in [4.69, 9.17) is 4.74 Å². The molecule has 1 fully saturated rings. The molecule has 0 bridgehead atoms. The molecule has 7 heteroatoms. The minimum absolute atomic E-state index is 0.392. The van der Waals surface area contributed by atoms with Crippen molar-refractivity contribution in [3.8, 4) is 17.0 Å². The minimum Gasteiger partial charge on any atom is -0.497 e. The largest absolute Gasteiger partial charge is 0.497 e. The molecule has 4 aromatic rings. The lowest BCUT2D eigenvalue weighted by Gasteiger charge is -2.32. The Bertz CT molecular complexity index is 1480. The van der Waals surface area contributed by atoms with Gasteiger partial charge in [0.05, 0.1) is 23.2 Å². The maximum atomic E-state index is 13.7. The molecule has 32 heavy (non-hydrogen) atoms. The molecule has 0 atom stereocenters. The van der Waals surface area contributed by atoms with Crippen molar-refractivity contribution in [3.63, 3.8) is 0 Å². The first-order valence-electron chi connectivity index (χ1n) is 10.9. The van der Waals surface area contributed by atoms with E-state index in [1.807, 2.05) is 54.6 Å². The monoisotopic (exact) mass is 447 g/mol. The summed E-state index contributed by atoms with van der Waals surface area (Å²) in [4.78, 5) is 5.14. The number of hydrogen-bond donors (Lipinski definition) is 0. The third-order valence-electron chi connectivity index (χ3n) is 6.84. The third-order valence-corrected chi connectivity index (χ3v) is 8.59. The third kappa shape index (κ3) is 2.81. The highest BCUT2D eigenvalue weighted by molar-refractivity contribution is 7.90. The Labute approximate surface area is 187 Å². The van der Waals surface area contributed by atoms with Gasteiger partial charge in [0.2, 0.25) is 0 Å². The summed E-state index contributed by atoms with van der Waals surface area (Å²) in [7, 11) is 0.100. The highest BCUT2D eigenvalue weighted by Crippen LogP contribution is 2.47. The summed E-state index contributed by atoms with van der Waals surface area (Å²) >= 11 is 0. The zero-order valence-electron chi connectivity index (χ0n) is 18.2. The minimum atomic E-state index is -3.68. The molecule has 6 rings (SSSR count). The van der Waals surface area contributed by atoms with Crippen LogP contribution in [0.2, 0.25) is 0 Å². The fraction of sp³-hybridized carbons (Fsp3) is 0.280. The lowest BCUT2D eigenvalue weighted by molar-refractivity contribution is 0.148. The number of likely N-dealkylation sites (N-methyl/N-ethyl adjacent to an activating group) is 1. The Hall–Kier alpha value is -2.87. The van der Waals surface area contributed by atoms with Gasteiger partial charge in [-0.15, -0.1) is 0 Å². The number of methoxy groups -OCH3 is 1. The molecule has 0 aliphatic carbocycles. The second-order valence-corrected chi connectivity index (χ2v) is 10.5. The molecule has 3 heterocycles. The zero-order chi connectivity index (χ0) is 22.0. The topological polar surface area (TPSA) is 54.8 Å². The molecule has 0 N–H and O–H groups in total. The second-order valence-electron chi connectivity index (χ2n) is 8.75. The van der Waals surface area contributed by atoms with Crippen LogP contribution in [0.1, 0.15) is 5.56 Å². The van der Waals surface area contributed by atoms with Gasteiger partial charge in [0.25, 0.3) is 10.0 Å². The van der Waals surface area contributed by atoms with Gasteiger partial charge in [-0.2, -0.15) is 0 Å². The van der Waals surface area contributed by atoms with Crippen LogP contribution in [-0.4, -0.2) is 62.5 Å². The molecular weight excluding hydrogens is 422 g/mol.